The number of nitrogens with one attached hydrogen (secondary N) is 2. The Kier molecular flexibility index (Phi) is 6.01. The van der Waals surface area contributed by atoms with Crippen molar-refractivity contribution in [3.63, 3.8) is 0 Å². The number of carbonyl (C=O) groups excluding carboxylic acids is 2. The van der Waals surface area contributed by atoms with Crippen LogP contribution in [0.2, 0.25) is 0 Å². The van der Waals surface area contributed by atoms with Crippen molar-refractivity contribution < 1.29 is 18.7 Å². The molecule has 0 spiro atoms. The smallest absolute Gasteiger partial charge is 0.341 e. The molecule has 1 amide bonds. The first-order valence-corrected chi connectivity index (χ1v) is 8.72. The Hall–Kier alpha value is -3.67. The standard InChI is InChI=1S/C22H19FN2O3/c1-15(21(26)25-20-14-8-6-12-18(20)23)28-22(27)17-11-5-7-13-19(17)24-16-9-3-2-4-10-16/h2-15,24H,1H3,(H,25,26)/t15-/m0/s1. The lowest BCUT2D eigenvalue weighted by atomic mass is 10.1. The zero-order valence-electron chi connectivity index (χ0n) is 15.2. The third kappa shape index (κ3) is 4.73. The SMILES string of the molecule is C[C@H](OC(=O)c1ccccc1Nc1ccccc1)C(=O)Nc1ccccc1F. The van der Waals surface area contributed by atoms with Crippen LogP contribution in [0.1, 0.15) is 17.3 Å². The van der Waals surface area contributed by atoms with Gasteiger partial charge >= 0.3 is 5.97 Å². The molecule has 142 valence electrons. The molecule has 0 heterocycles. The van der Waals surface area contributed by atoms with E-state index in [9.17, 15) is 14.0 Å². The molecule has 1 atom stereocenters. The van der Waals surface area contributed by atoms with E-state index in [4.69, 9.17) is 4.74 Å². The maximum absolute atomic E-state index is 13.7. The van der Waals surface area contributed by atoms with Crippen LogP contribution in [0.5, 0.6) is 0 Å². The molecule has 5 nitrogen and oxygen atoms in total. The number of ether oxygens (including phenoxy) is 1. The lowest BCUT2D eigenvalue weighted by Crippen LogP contribution is -2.30. The molecule has 3 rings (SSSR count). The molecule has 0 radical (unpaired) electrons. The molecule has 3 aromatic rings. The van der Waals surface area contributed by atoms with Crippen LogP contribution in [-0.4, -0.2) is 18.0 Å². The predicted octanol–water partition coefficient (Wildman–Crippen LogP) is 4.75. The van der Waals surface area contributed by atoms with Crippen molar-refractivity contribution in [2.24, 2.45) is 0 Å². The van der Waals surface area contributed by atoms with Crippen LogP contribution in [0.15, 0.2) is 78.9 Å². The highest BCUT2D eigenvalue weighted by molar-refractivity contribution is 6.00. The zero-order valence-corrected chi connectivity index (χ0v) is 15.2. The van der Waals surface area contributed by atoms with Gasteiger partial charge in [0.25, 0.3) is 5.91 Å². The summed E-state index contributed by atoms with van der Waals surface area (Å²) in [5, 5.41) is 5.57. The van der Waals surface area contributed by atoms with E-state index in [1.54, 1.807) is 30.3 Å². The number of esters is 1. The number of anilines is 3. The summed E-state index contributed by atoms with van der Waals surface area (Å²) in [4.78, 5) is 24.8. The van der Waals surface area contributed by atoms with E-state index in [0.29, 0.717) is 5.69 Å². The minimum Gasteiger partial charge on any atom is -0.449 e. The van der Waals surface area contributed by atoms with Gasteiger partial charge in [0.15, 0.2) is 6.10 Å². The summed E-state index contributed by atoms with van der Waals surface area (Å²) < 4.78 is 18.9. The molecule has 0 saturated heterocycles. The van der Waals surface area contributed by atoms with E-state index in [2.05, 4.69) is 10.6 Å². The minimum atomic E-state index is -1.10. The minimum absolute atomic E-state index is 0.0292. The molecular formula is C22H19FN2O3. The first-order chi connectivity index (χ1) is 13.5. The topological polar surface area (TPSA) is 67.4 Å². The number of para-hydroxylation sites is 3. The van der Waals surface area contributed by atoms with Gasteiger partial charge in [-0.2, -0.15) is 0 Å². The fourth-order valence-electron chi connectivity index (χ4n) is 2.52. The molecule has 2 N–H and O–H groups in total. The summed E-state index contributed by atoms with van der Waals surface area (Å²) in [6.45, 7) is 1.43. The molecule has 0 aliphatic carbocycles. The number of rotatable bonds is 6. The first kappa shape index (κ1) is 19.1. The molecule has 0 aromatic heterocycles. The van der Waals surface area contributed by atoms with Crippen molar-refractivity contribution in [3.8, 4) is 0 Å². The van der Waals surface area contributed by atoms with E-state index in [0.717, 1.165) is 5.69 Å². The van der Waals surface area contributed by atoms with Gasteiger partial charge in [0.2, 0.25) is 0 Å². The first-order valence-electron chi connectivity index (χ1n) is 8.72. The average molecular weight is 378 g/mol. The zero-order chi connectivity index (χ0) is 19.9. The molecular weight excluding hydrogens is 359 g/mol. The molecule has 0 fully saturated rings. The Morgan fingerprint density at radius 2 is 1.46 bits per heavy atom. The van der Waals surface area contributed by atoms with Crippen molar-refractivity contribution >= 4 is 28.9 Å². The summed E-state index contributed by atoms with van der Waals surface area (Å²) in [7, 11) is 0. The second-order valence-corrected chi connectivity index (χ2v) is 6.05. The second kappa shape index (κ2) is 8.81. The van der Waals surface area contributed by atoms with Gasteiger partial charge in [-0.05, 0) is 43.3 Å². The molecule has 0 bridgehead atoms. The number of hydrogen-bond acceptors (Lipinski definition) is 4. The number of halogens is 1. The van der Waals surface area contributed by atoms with Crippen molar-refractivity contribution in [2.45, 2.75) is 13.0 Å². The van der Waals surface area contributed by atoms with Gasteiger partial charge in [-0.25, -0.2) is 9.18 Å². The third-order valence-electron chi connectivity index (χ3n) is 3.98. The molecule has 6 heteroatoms. The lowest BCUT2D eigenvalue weighted by molar-refractivity contribution is -0.123. The molecule has 0 saturated carbocycles. The maximum Gasteiger partial charge on any atom is 0.341 e. The van der Waals surface area contributed by atoms with Gasteiger partial charge in [0, 0.05) is 5.69 Å². The fraction of sp³-hybridized carbons (Fsp3) is 0.0909. The van der Waals surface area contributed by atoms with Gasteiger partial charge in [0.05, 0.1) is 16.9 Å². The van der Waals surface area contributed by atoms with Gasteiger partial charge in [-0.15, -0.1) is 0 Å². The van der Waals surface area contributed by atoms with Crippen LogP contribution in [0.3, 0.4) is 0 Å². The average Bonchev–Trinajstić information content (AvgIpc) is 2.70. The van der Waals surface area contributed by atoms with Crippen LogP contribution >= 0.6 is 0 Å². The van der Waals surface area contributed by atoms with Crippen molar-refractivity contribution in [2.75, 3.05) is 10.6 Å². The fourth-order valence-corrected chi connectivity index (χ4v) is 2.52. The van der Waals surface area contributed by atoms with E-state index in [-0.39, 0.29) is 11.3 Å². The van der Waals surface area contributed by atoms with Crippen molar-refractivity contribution in [1.82, 2.24) is 0 Å². The lowest BCUT2D eigenvalue weighted by Gasteiger charge is -2.16. The molecule has 0 unspecified atom stereocenters. The second-order valence-electron chi connectivity index (χ2n) is 6.05. The Morgan fingerprint density at radius 1 is 0.857 bits per heavy atom. The van der Waals surface area contributed by atoms with E-state index < -0.39 is 23.8 Å². The van der Waals surface area contributed by atoms with Crippen LogP contribution in [0.4, 0.5) is 21.5 Å². The van der Waals surface area contributed by atoms with E-state index in [1.807, 2.05) is 30.3 Å². The monoisotopic (exact) mass is 378 g/mol. The summed E-state index contributed by atoms with van der Waals surface area (Å²) in [6.07, 6.45) is -1.10. The van der Waals surface area contributed by atoms with Crippen molar-refractivity contribution in [1.29, 1.82) is 0 Å². The highest BCUT2D eigenvalue weighted by atomic mass is 19.1. The van der Waals surface area contributed by atoms with Crippen LogP contribution in [-0.2, 0) is 9.53 Å². The summed E-state index contributed by atoms with van der Waals surface area (Å²) >= 11 is 0. The van der Waals surface area contributed by atoms with Gasteiger partial charge in [0.1, 0.15) is 5.82 Å². The van der Waals surface area contributed by atoms with Crippen LogP contribution < -0.4 is 10.6 Å². The predicted molar refractivity (Wildman–Crippen MR) is 106 cm³/mol. The van der Waals surface area contributed by atoms with Gasteiger partial charge < -0.3 is 15.4 Å². The normalized spacial score (nSPS) is 11.4. The van der Waals surface area contributed by atoms with Crippen LogP contribution in [0.25, 0.3) is 0 Å². The highest BCUT2D eigenvalue weighted by Gasteiger charge is 2.21. The molecule has 0 aliphatic rings. The van der Waals surface area contributed by atoms with Crippen molar-refractivity contribution in [3.05, 3.63) is 90.2 Å². The van der Waals surface area contributed by atoms with E-state index in [1.165, 1.54) is 25.1 Å². The van der Waals surface area contributed by atoms with Gasteiger partial charge in [-0.1, -0.05) is 42.5 Å². The largest absolute Gasteiger partial charge is 0.449 e. The summed E-state index contributed by atoms with van der Waals surface area (Å²) in [5.74, 6) is -1.84. The Bertz CT molecular complexity index is 976. The maximum atomic E-state index is 13.7. The quantitative estimate of drug-likeness (QED) is 0.607. The number of amides is 1. The highest BCUT2D eigenvalue weighted by Crippen LogP contribution is 2.22. The number of hydrogen-bond donors (Lipinski definition) is 2. The Labute approximate surface area is 162 Å². The molecule has 3 aromatic carbocycles. The van der Waals surface area contributed by atoms with Crippen LogP contribution in [0, 0.1) is 5.82 Å². The summed E-state index contributed by atoms with van der Waals surface area (Å²) in [5.41, 5.74) is 1.69. The molecule has 0 aliphatic heterocycles. The number of carbonyl (C=O) groups is 2. The third-order valence-corrected chi connectivity index (χ3v) is 3.98. The summed E-state index contributed by atoms with van der Waals surface area (Å²) in [6, 6.07) is 22.0. The van der Waals surface area contributed by atoms with E-state index >= 15 is 0 Å². The Morgan fingerprint density at radius 3 is 2.18 bits per heavy atom. The number of benzene rings is 3. The molecule has 28 heavy (non-hydrogen) atoms. The Balaban J connectivity index is 1.69. The van der Waals surface area contributed by atoms with Gasteiger partial charge in [-0.3, -0.25) is 4.79 Å².